The standard InChI is InChI=1S/C10H16N2O2/c1-7-6-9(13)10(11)8(2)12(7)4-5-14-3/h6H,4-5,11H2,1-3H3. The number of hydrogen-bond donors (Lipinski definition) is 1. The maximum atomic E-state index is 11.3. The Hall–Kier alpha value is -1.29. The largest absolute Gasteiger partial charge is 0.394 e. The third-order valence-electron chi connectivity index (χ3n) is 2.34. The molecule has 0 spiro atoms. The fraction of sp³-hybridized carbons (Fsp3) is 0.500. The molecule has 0 aliphatic rings. The Balaban J connectivity index is 3.15. The Kier molecular flexibility index (Phi) is 3.30. The third-order valence-corrected chi connectivity index (χ3v) is 2.34. The summed E-state index contributed by atoms with van der Waals surface area (Å²) in [5, 5.41) is 0. The van der Waals surface area contributed by atoms with E-state index in [0.717, 1.165) is 17.9 Å². The van der Waals surface area contributed by atoms with E-state index in [2.05, 4.69) is 0 Å². The first-order valence-electron chi connectivity index (χ1n) is 4.53. The Bertz CT molecular complexity index is 382. The average molecular weight is 196 g/mol. The van der Waals surface area contributed by atoms with Crippen LogP contribution in [0.2, 0.25) is 0 Å². The molecule has 0 atom stereocenters. The second-order valence-corrected chi connectivity index (χ2v) is 3.29. The van der Waals surface area contributed by atoms with Crippen LogP contribution >= 0.6 is 0 Å². The van der Waals surface area contributed by atoms with Gasteiger partial charge in [-0.05, 0) is 13.8 Å². The van der Waals surface area contributed by atoms with E-state index < -0.39 is 0 Å². The molecule has 14 heavy (non-hydrogen) atoms. The highest BCUT2D eigenvalue weighted by molar-refractivity contribution is 5.43. The maximum Gasteiger partial charge on any atom is 0.204 e. The number of methoxy groups -OCH3 is 1. The van der Waals surface area contributed by atoms with Gasteiger partial charge in [-0.3, -0.25) is 4.79 Å². The average Bonchev–Trinajstić information content (AvgIpc) is 2.14. The van der Waals surface area contributed by atoms with Crippen molar-refractivity contribution in [3.8, 4) is 0 Å². The van der Waals surface area contributed by atoms with Crippen LogP contribution in [0.25, 0.3) is 0 Å². The van der Waals surface area contributed by atoms with Crippen LogP contribution < -0.4 is 11.2 Å². The minimum atomic E-state index is -0.103. The molecule has 4 nitrogen and oxygen atoms in total. The van der Waals surface area contributed by atoms with Crippen molar-refractivity contribution in [2.45, 2.75) is 20.4 Å². The normalized spacial score (nSPS) is 10.5. The van der Waals surface area contributed by atoms with E-state index >= 15 is 0 Å². The molecular weight excluding hydrogens is 180 g/mol. The Labute approximate surface area is 83.3 Å². The summed E-state index contributed by atoms with van der Waals surface area (Å²) in [7, 11) is 1.65. The number of nitrogens with two attached hydrogens (primary N) is 1. The molecule has 0 radical (unpaired) electrons. The fourth-order valence-corrected chi connectivity index (χ4v) is 1.46. The van der Waals surface area contributed by atoms with Gasteiger partial charge in [-0.1, -0.05) is 0 Å². The van der Waals surface area contributed by atoms with Crippen molar-refractivity contribution < 1.29 is 4.74 Å². The molecule has 1 aromatic rings. The zero-order chi connectivity index (χ0) is 10.7. The summed E-state index contributed by atoms with van der Waals surface area (Å²) >= 11 is 0. The van der Waals surface area contributed by atoms with Crippen LogP contribution in [-0.4, -0.2) is 18.3 Å². The van der Waals surface area contributed by atoms with Crippen LogP contribution in [0, 0.1) is 13.8 Å². The number of hydrogen-bond acceptors (Lipinski definition) is 3. The van der Waals surface area contributed by atoms with Gasteiger partial charge in [0, 0.05) is 31.1 Å². The highest BCUT2D eigenvalue weighted by Gasteiger charge is 2.06. The van der Waals surface area contributed by atoms with Crippen molar-refractivity contribution in [3.05, 3.63) is 27.7 Å². The summed E-state index contributed by atoms with van der Waals surface area (Å²) in [4.78, 5) is 11.3. The summed E-state index contributed by atoms with van der Waals surface area (Å²) in [5.41, 5.74) is 7.60. The summed E-state index contributed by atoms with van der Waals surface area (Å²) in [5.74, 6) is 0. The number of aryl methyl sites for hydroxylation is 1. The number of nitrogens with zero attached hydrogens (tertiary/aromatic N) is 1. The number of aromatic nitrogens is 1. The molecule has 0 aliphatic heterocycles. The van der Waals surface area contributed by atoms with Gasteiger partial charge in [0.25, 0.3) is 0 Å². The van der Waals surface area contributed by atoms with Crippen LogP contribution in [0.15, 0.2) is 10.9 Å². The van der Waals surface area contributed by atoms with Gasteiger partial charge in [0.2, 0.25) is 5.43 Å². The van der Waals surface area contributed by atoms with E-state index in [1.807, 2.05) is 18.4 Å². The van der Waals surface area contributed by atoms with Crippen molar-refractivity contribution in [1.82, 2.24) is 4.57 Å². The van der Waals surface area contributed by atoms with Crippen molar-refractivity contribution in [1.29, 1.82) is 0 Å². The number of nitrogen functional groups attached to an aromatic ring is 1. The number of pyridine rings is 1. The summed E-state index contributed by atoms with van der Waals surface area (Å²) < 4.78 is 6.97. The van der Waals surface area contributed by atoms with Gasteiger partial charge in [-0.15, -0.1) is 0 Å². The molecule has 1 heterocycles. The monoisotopic (exact) mass is 196 g/mol. The van der Waals surface area contributed by atoms with E-state index in [1.54, 1.807) is 13.2 Å². The summed E-state index contributed by atoms with van der Waals surface area (Å²) in [6, 6.07) is 1.55. The van der Waals surface area contributed by atoms with Crippen molar-refractivity contribution >= 4 is 5.69 Å². The van der Waals surface area contributed by atoms with Gasteiger partial charge in [-0.2, -0.15) is 0 Å². The first-order chi connectivity index (χ1) is 6.57. The molecule has 0 aliphatic carbocycles. The zero-order valence-electron chi connectivity index (χ0n) is 8.83. The Morgan fingerprint density at radius 2 is 2.14 bits per heavy atom. The van der Waals surface area contributed by atoms with E-state index in [9.17, 15) is 4.79 Å². The van der Waals surface area contributed by atoms with Crippen molar-refractivity contribution in [2.75, 3.05) is 19.5 Å². The maximum absolute atomic E-state index is 11.3. The smallest absolute Gasteiger partial charge is 0.204 e. The molecule has 1 rings (SSSR count). The van der Waals surface area contributed by atoms with Crippen LogP contribution in [0.5, 0.6) is 0 Å². The van der Waals surface area contributed by atoms with Gasteiger partial charge in [0.15, 0.2) is 0 Å². The molecule has 2 N–H and O–H groups in total. The van der Waals surface area contributed by atoms with Crippen LogP contribution in [0.4, 0.5) is 5.69 Å². The van der Waals surface area contributed by atoms with Gasteiger partial charge in [0.05, 0.1) is 12.3 Å². The number of ether oxygens (including phenoxy) is 1. The molecule has 4 heteroatoms. The molecule has 78 valence electrons. The molecule has 0 saturated heterocycles. The van der Waals surface area contributed by atoms with Crippen LogP contribution in [0.3, 0.4) is 0 Å². The topological polar surface area (TPSA) is 57.2 Å². The molecule has 0 amide bonds. The lowest BCUT2D eigenvalue weighted by atomic mass is 10.2. The quantitative estimate of drug-likeness (QED) is 0.774. The van der Waals surface area contributed by atoms with Crippen LogP contribution in [-0.2, 0) is 11.3 Å². The van der Waals surface area contributed by atoms with Gasteiger partial charge in [-0.25, -0.2) is 0 Å². The lowest BCUT2D eigenvalue weighted by Crippen LogP contribution is -2.19. The predicted molar refractivity (Wildman–Crippen MR) is 56.5 cm³/mol. The van der Waals surface area contributed by atoms with Gasteiger partial charge in [0.1, 0.15) is 0 Å². The third kappa shape index (κ3) is 1.96. The van der Waals surface area contributed by atoms with Crippen molar-refractivity contribution in [2.24, 2.45) is 0 Å². The minimum Gasteiger partial charge on any atom is -0.394 e. The lowest BCUT2D eigenvalue weighted by molar-refractivity contribution is 0.186. The summed E-state index contributed by atoms with van der Waals surface area (Å²) in [6.07, 6.45) is 0. The van der Waals surface area contributed by atoms with E-state index in [0.29, 0.717) is 12.3 Å². The van der Waals surface area contributed by atoms with Gasteiger partial charge < -0.3 is 15.0 Å². The minimum absolute atomic E-state index is 0.103. The molecular formula is C10H16N2O2. The second kappa shape index (κ2) is 4.28. The summed E-state index contributed by atoms with van der Waals surface area (Å²) in [6.45, 7) is 5.07. The van der Waals surface area contributed by atoms with E-state index in [-0.39, 0.29) is 5.43 Å². The van der Waals surface area contributed by atoms with Crippen LogP contribution in [0.1, 0.15) is 11.4 Å². The highest BCUT2D eigenvalue weighted by atomic mass is 16.5. The molecule has 0 saturated carbocycles. The first kappa shape index (κ1) is 10.8. The Morgan fingerprint density at radius 1 is 1.50 bits per heavy atom. The number of anilines is 1. The number of rotatable bonds is 3. The highest BCUT2D eigenvalue weighted by Crippen LogP contribution is 2.08. The molecule has 1 aromatic heterocycles. The molecule has 0 aromatic carbocycles. The predicted octanol–water partition coefficient (Wildman–Crippen LogP) is 0.694. The molecule has 0 unspecified atom stereocenters. The van der Waals surface area contributed by atoms with E-state index in [1.165, 1.54) is 0 Å². The van der Waals surface area contributed by atoms with E-state index in [4.69, 9.17) is 10.5 Å². The fourth-order valence-electron chi connectivity index (χ4n) is 1.46. The van der Waals surface area contributed by atoms with Crippen molar-refractivity contribution in [3.63, 3.8) is 0 Å². The molecule has 0 bridgehead atoms. The second-order valence-electron chi connectivity index (χ2n) is 3.29. The first-order valence-corrected chi connectivity index (χ1v) is 4.53. The molecule has 0 fully saturated rings. The zero-order valence-corrected chi connectivity index (χ0v) is 8.83. The van der Waals surface area contributed by atoms with Gasteiger partial charge >= 0.3 is 0 Å². The SMILES string of the molecule is COCCn1c(C)cc(=O)c(N)c1C. The lowest BCUT2D eigenvalue weighted by Gasteiger charge is -2.15. The Morgan fingerprint density at radius 3 is 2.71 bits per heavy atom.